The molecule has 0 amide bonds. The molecule has 3 aromatic carbocycles. The summed E-state index contributed by atoms with van der Waals surface area (Å²) < 4.78 is 0. The first-order chi connectivity index (χ1) is 15.7. The number of rotatable bonds is 6. The Labute approximate surface area is 184 Å². The molecule has 5 aromatic rings. The number of ketones is 1. The van der Waals surface area contributed by atoms with Gasteiger partial charge in [-0.2, -0.15) is 10.2 Å². The van der Waals surface area contributed by atoms with Crippen molar-refractivity contribution in [1.29, 1.82) is 0 Å². The number of Topliss-reactive ketones (excluding diaryl/α,β-unsaturated/α-hetero) is 1. The lowest BCUT2D eigenvalue weighted by molar-refractivity contribution is 0.0988. The molecular weight excluding hydrogens is 400 g/mol. The van der Waals surface area contributed by atoms with Gasteiger partial charge in [0.2, 0.25) is 0 Å². The van der Waals surface area contributed by atoms with Crippen LogP contribution in [0.25, 0.3) is 45.6 Å². The minimum absolute atomic E-state index is 0.0316. The van der Waals surface area contributed by atoms with Gasteiger partial charge in [-0.05, 0) is 12.1 Å². The van der Waals surface area contributed by atoms with E-state index in [0.717, 1.165) is 16.7 Å². The van der Waals surface area contributed by atoms with Crippen LogP contribution in [0.1, 0.15) is 23.7 Å². The molecule has 2 aromatic heterocycles. The molecule has 0 atom stereocenters. The van der Waals surface area contributed by atoms with Crippen molar-refractivity contribution < 1.29 is 4.79 Å². The highest BCUT2D eigenvalue weighted by atomic mass is 16.1. The van der Waals surface area contributed by atoms with E-state index >= 15 is 0 Å². The Morgan fingerprint density at radius 3 is 2.00 bits per heavy atom. The molecule has 0 bridgehead atoms. The van der Waals surface area contributed by atoms with E-state index in [9.17, 15) is 4.79 Å². The van der Waals surface area contributed by atoms with Gasteiger partial charge in [0.25, 0.3) is 0 Å². The Balaban J connectivity index is 1.57. The fraction of sp³-hybridized carbons (Fsp3) is 0.0800. The Hall–Kier alpha value is -4.39. The summed E-state index contributed by atoms with van der Waals surface area (Å²) in [5.41, 5.74) is 3.90. The molecule has 2 heterocycles. The SMILES string of the molecule is CCC(=O)c1ccc(-c2n[nH]c(-c3ccccc3)n2)cc1-c1nc(-c2ccccc2)n[nH]1. The third kappa shape index (κ3) is 3.72. The quantitative estimate of drug-likeness (QED) is 0.369. The van der Waals surface area contributed by atoms with Crippen LogP contribution in [-0.4, -0.2) is 36.1 Å². The van der Waals surface area contributed by atoms with Gasteiger partial charge in [-0.3, -0.25) is 15.0 Å². The largest absolute Gasteiger partial charge is 0.294 e. The van der Waals surface area contributed by atoms with E-state index in [4.69, 9.17) is 0 Å². The van der Waals surface area contributed by atoms with Gasteiger partial charge in [-0.1, -0.05) is 73.7 Å². The standard InChI is InChI=1S/C25H20N6O/c1-2-21(32)19-14-13-18(24-26-22(28-30-24)16-9-5-3-6-10-16)15-20(19)25-27-23(29-31-25)17-11-7-4-8-12-17/h3-15H,2H2,1H3,(H,26,28,30)(H,27,29,31). The summed E-state index contributed by atoms with van der Waals surface area (Å²) in [4.78, 5) is 21.9. The van der Waals surface area contributed by atoms with Crippen molar-refractivity contribution >= 4 is 5.78 Å². The molecule has 0 fully saturated rings. The van der Waals surface area contributed by atoms with E-state index in [1.807, 2.05) is 79.7 Å². The second-order valence-electron chi connectivity index (χ2n) is 7.28. The van der Waals surface area contributed by atoms with Gasteiger partial charge < -0.3 is 0 Å². The Morgan fingerprint density at radius 1 is 0.719 bits per heavy atom. The molecule has 0 unspecified atom stereocenters. The lowest BCUT2D eigenvalue weighted by Crippen LogP contribution is -2.01. The van der Waals surface area contributed by atoms with E-state index in [-0.39, 0.29) is 5.78 Å². The maximum atomic E-state index is 12.6. The van der Waals surface area contributed by atoms with Crippen molar-refractivity contribution in [3.63, 3.8) is 0 Å². The minimum atomic E-state index is 0.0316. The molecule has 0 saturated carbocycles. The van der Waals surface area contributed by atoms with E-state index in [2.05, 4.69) is 30.4 Å². The number of carbonyl (C=O) groups excluding carboxylic acids is 1. The van der Waals surface area contributed by atoms with Crippen LogP contribution >= 0.6 is 0 Å². The van der Waals surface area contributed by atoms with Crippen molar-refractivity contribution in [2.24, 2.45) is 0 Å². The Morgan fingerprint density at radius 2 is 1.31 bits per heavy atom. The summed E-state index contributed by atoms with van der Waals surface area (Å²) in [5.74, 6) is 2.36. The highest BCUT2D eigenvalue weighted by Gasteiger charge is 2.18. The molecule has 0 aliphatic rings. The van der Waals surface area contributed by atoms with E-state index in [0.29, 0.717) is 40.8 Å². The summed E-state index contributed by atoms with van der Waals surface area (Å²) in [7, 11) is 0. The normalized spacial score (nSPS) is 10.9. The lowest BCUT2D eigenvalue weighted by atomic mass is 9.98. The highest BCUT2D eigenvalue weighted by molar-refractivity contribution is 6.02. The molecule has 5 rings (SSSR count). The van der Waals surface area contributed by atoms with Crippen LogP contribution in [-0.2, 0) is 0 Å². The molecular formula is C25H20N6O. The molecule has 0 aliphatic heterocycles. The number of aromatic amines is 2. The third-order valence-electron chi connectivity index (χ3n) is 5.20. The third-order valence-corrected chi connectivity index (χ3v) is 5.20. The molecule has 0 aliphatic carbocycles. The number of H-pyrrole nitrogens is 2. The zero-order valence-electron chi connectivity index (χ0n) is 17.4. The van der Waals surface area contributed by atoms with Crippen LogP contribution < -0.4 is 0 Å². The van der Waals surface area contributed by atoms with Gasteiger partial charge in [0.1, 0.15) is 0 Å². The number of nitrogens with one attached hydrogen (secondary N) is 2. The molecule has 7 heteroatoms. The Kier molecular flexibility index (Phi) is 5.13. The van der Waals surface area contributed by atoms with E-state index in [1.165, 1.54) is 0 Å². The number of carbonyl (C=O) groups is 1. The smallest absolute Gasteiger partial charge is 0.181 e. The molecule has 7 nitrogen and oxygen atoms in total. The summed E-state index contributed by atoms with van der Waals surface area (Å²) in [6.45, 7) is 1.84. The summed E-state index contributed by atoms with van der Waals surface area (Å²) >= 11 is 0. The highest BCUT2D eigenvalue weighted by Crippen LogP contribution is 2.29. The maximum Gasteiger partial charge on any atom is 0.181 e. The van der Waals surface area contributed by atoms with Crippen LogP contribution in [0.4, 0.5) is 0 Å². The number of nitrogens with zero attached hydrogens (tertiary/aromatic N) is 4. The number of hydrogen-bond donors (Lipinski definition) is 2. The molecule has 0 spiro atoms. The summed E-state index contributed by atoms with van der Waals surface area (Å²) in [5, 5.41) is 14.7. The fourth-order valence-corrected chi connectivity index (χ4v) is 3.53. The van der Waals surface area contributed by atoms with Gasteiger partial charge >= 0.3 is 0 Å². The fourth-order valence-electron chi connectivity index (χ4n) is 3.53. The van der Waals surface area contributed by atoms with Crippen molar-refractivity contribution in [2.45, 2.75) is 13.3 Å². The first kappa shape index (κ1) is 19.6. The van der Waals surface area contributed by atoms with Gasteiger partial charge in [0, 0.05) is 34.2 Å². The predicted octanol–water partition coefficient (Wildman–Crippen LogP) is 5.18. The van der Waals surface area contributed by atoms with Gasteiger partial charge in [-0.25, -0.2) is 9.97 Å². The summed E-state index contributed by atoms with van der Waals surface area (Å²) in [6.07, 6.45) is 0.394. The van der Waals surface area contributed by atoms with Crippen LogP contribution in [0.2, 0.25) is 0 Å². The van der Waals surface area contributed by atoms with Crippen LogP contribution in [0.15, 0.2) is 78.9 Å². The Bertz CT molecular complexity index is 1370. The number of aromatic nitrogens is 6. The molecule has 2 N–H and O–H groups in total. The minimum Gasteiger partial charge on any atom is -0.294 e. The predicted molar refractivity (Wildman–Crippen MR) is 123 cm³/mol. The van der Waals surface area contributed by atoms with Crippen LogP contribution in [0.3, 0.4) is 0 Å². The molecule has 32 heavy (non-hydrogen) atoms. The monoisotopic (exact) mass is 420 g/mol. The van der Waals surface area contributed by atoms with E-state index < -0.39 is 0 Å². The average molecular weight is 420 g/mol. The molecule has 0 radical (unpaired) electrons. The van der Waals surface area contributed by atoms with Crippen LogP contribution in [0, 0.1) is 0 Å². The van der Waals surface area contributed by atoms with Gasteiger partial charge in [0.05, 0.1) is 0 Å². The maximum absolute atomic E-state index is 12.6. The molecule has 0 saturated heterocycles. The topological polar surface area (TPSA) is 100 Å². The van der Waals surface area contributed by atoms with Crippen molar-refractivity contribution in [3.8, 4) is 45.6 Å². The first-order valence-electron chi connectivity index (χ1n) is 10.4. The van der Waals surface area contributed by atoms with Crippen LogP contribution in [0.5, 0.6) is 0 Å². The second kappa shape index (κ2) is 8.39. The van der Waals surface area contributed by atoms with Crippen molar-refractivity contribution in [2.75, 3.05) is 0 Å². The first-order valence-corrected chi connectivity index (χ1v) is 10.4. The molecule has 156 valence electrons. The zero-order valence-corrected chi connectivity index (χ0v) is 17.4. The van der Waals surface area contributed by atoms with Crippen molar-refractivity contribution in [1.82, 2.24) is 30.4 Å². The van der Waals surface area contributed by atoms with E-state index in [1.54, 1.807) is 6.07 Å². The van der Waals surface area contributed by atoms with Crippen molar-refractivity contribution in [3.05, 3.63) is 84.4 Å². The average Bonchev–Trinajstić information content (AvgIpc) is 3.55. The lowest BCUT2D eigenvalue weighted by Gasteiger charge is -2.07. The number of hydrogen-bond acceptors (Lipinski definition) is 5. The second-order valence-corrected chi connectivity index (χ2v) is 7.28. The zero-order chi connectivity index (χ0) is 21.9. The van der Waals surface area contributed by atoms with Gasteiger partial charge in [0.15, 0.2) is 29.1 Å². The van der Waals surface area contributed by atoms with Gasteiger partial charge in [-0.15, -0.1) is 0 Å². The summed E-state index contributed by atoms with van der Waals surface area (Å²) in [6, 6.07) is 25.1. The number of benzene rings is 3.